The minimum atomic E-state index is -4.11. The molecule has 0 radical (unpaired) electrons. The molecule has 2 aromatic carbocycles. The minimum Gasteiger partial charge on any atom is -0.494 e. The Bertz CT molecular complexity index is 1490. The predicted octanol–water partition coefficient (Wildman–Crippen LogP) is 4.35. The zero-order valence-electron chi connectivity index (χ0n) is 22.7. The summed E-state index contributed by atoms with van der Waals surface area (Å²) in [4.78, 5) is 8.67. The number of sulfonamides is 1. The van der Waals surface area contributed by atoms with Crippen LogP contribution in [0.1, 0.15) is 38.3 Å². The van der Waals surface area contributed by atoms with Crippen LogP contribution in [0.25, 0.3) is 17.1 Å². The second-order valence-electron chi connectivity index (χ2n) is 9.14. The maximum absolute atomic E-state index is 13.8. The molecule has 2 atom stereocenters. The molecule has 0 aliphatic rings. The van der Waals surface area contributed by atoms with E-state index >= 15 is 0 Å². The van der Waals surface area contributed by atoms with Gasteiger partial charge in [-0.05, 0) is 45.4 Å². The lowest BCUT2D eigenvalue weighted by Crippen LogP contribution is -2.35. The zero-order valence-corrected chi connectivity index (χ0v) is 23.5. The number of para-hydroxylation sites is 1. The molecule has 2 heterocycles. The number of nitrogens with zero attached hydrogens (tertiary/aromatic N) is 5. The highest BCUT2D eigenvalue weighted by Gasteiger charge is 2.36. The second kappa shape index (κ2) is 11.8. The first-order valence-electron chi connectivity index (χ1n) is 12.3. The molecule has 0 aliphatic carbocycles. The maximum Gasteiger partial charge on any atom is 0.243 e. The normalized spacial score (nSPS) is 13.2. The van der Waals surface area contributed by atoms with Gasteiger partial charge < -0.3 is 14.2 Å². The molecule has 0 fully saturated rings. The fraction of sp³-hybridized carbons (Fsp3) is 0.333. The molecule has 206 valence electrons. The lowest BCUT2D eigenvalue weighted by atomic mass is 10.2. The van der Waals surface area contributed by atoms with Crippen LogP contribution in [-0.2, 0) is 14.8 Å². The molecule has 0 saturated carbocycles. The van der Waals surface area contributed by atoms with Gasteiger partial charge in [-0.2, -0.15) is 0 Å². The van der Waals surface area contributed by atoms with Crippen LogP contribution in [0, 0.1) is 6.92 Å². The number of anilines is 1. The number of nitrogens with one attached hydrogen (secondary N) is 1. The van der Waals surface area contributed by atoms with E-state index in [0.717, 1.165) is 5.56 Å². The summed E-state index contributed by atoms with van der Waals surface area (Å²) in [6.07, 6.45) is 2.04. The molecule has 39 heavy (non-hydrogen) atoms. The van der Waals surface area contributed by atoms with Gasteiger partial charge in [-0.15, -0.1) is 10.2 Å². The van der Waals surface area contributed by atoms with Crippen molar-refractivity contribution in [1.82, 2.24) is 24.7 Å². The highest BCUT2D eigenvalue weighted by Crippen LogP contribution is 2.38. The topological polar surface area (TPSA) is 130 Å². The van der Waals surface area contributed by atoms with Crippen molar-refractivity contribution in [3.63, 3.8) is 0 Å². The number of rotatable bonds is 11. The standard InChI is InChI=1S/C27H32N6O5S/c1-17(2)38-24(25-28-15-18(3)16-29-25)19(4)39(34,35)32-27-31-30-26(20-11-8-7-9-12-20)33(27)23-21(36-5)13-10-14-22(23)37-6/h7-17,19,24H,1-6H3,(H,31,32)/t19-,24+/m0/s1. The molecular weight excluding hydrogens is 520 g/mol. The van der Waals surface area contributed by atoms with Crippen LogP contribution in [0.3, 0.4) is 0 Å². The lowest BCUT2D eigenvalue weighted by molar-refractivity contribution is 0.00152. The maximum atomic E-state index is 13.8. The molecule has 4 aromatic rings. The van der Waals surface area contributed by atoms with E-state index < -0.39 is 21.4 Å². The van der Waals surface area contributed by atoms with Gasteiger partial charge in [0, 0.05) is 18.0 Å². The van der Waals surface area contributed by atoms with Crippen molar-refractivity contribution >= 4 is 16.0 Å². The Kier molecular flexibility index (Phi) is 8.46. The zero-order chi connectivity index (χ0) is 28.2. The van der Waals surface area contributed by atoms with Gasteiger partial charge in [0.25, 0.3) is 0 Å². The van der Waals surface area contributed by atoms with Crippen LogP contribution in [0.2, 0.25) is 0 Å². The molecule has 11 nitrogen and oxygen atoms in total. The van der Waals surface area contributed by atoms with Crippen LogP contribution in [0.5, 0.6) is 11.5 Å². The molecule has 12 heteroatoms. The summed E-state index contributed by atoms with van der Waals surface area (Å²) in [6, 6.07) is 14.6. The first kappa shape index (κ1) is 28.0. The minimum absolute atomic E-state index is 0.0448. The van der Waals surface area contributed by atoms with E-state index in [4.69, 9.17) is 14.2 Å². The van der Waals surface area contributed by atoms with E-state index in [0.29, 0.717) is 28.6 Å². The van der Waals surface area contributed by atoms with Crippen LogP contribution < -0.4 is 14.2 Å². The third kappa shape index (κ3) is 6.02. The van der Waals surface area contributed by atoms with Crippen molar-refractivity contribution in [3.05, 3.63) is 72.3 Å². The van der Waals surface area contributed by atoms with E-state index in [1.807, 2.05) is 51.1 Å². The summed E-state index contributed by atoms with van der Waals surface area (Å²) < 4.78 is 49.0. The summed E-state index contributed by atoms with van der Waals surface area (Å²) >= 11 is 0. The van der Waals surface area contributed by atoms with Gasteiger partial charge in [-0.25, -0.2) is 18.4 Å². The summed E-state index contributed by atoms with van der Waals surface area (Å²) in [5.74, 6) is 1.49. The van der Waals surface area contributed by atoms with Gasteiger partial charge in [0.2, 0.25) is 16.0 Å². The molecule has 0 bridgehead atoms. The number of hydrogen-bond donors (Lipinski definition) is 1. The summed E-state index contributed by atoms with van der Waals surface area (Å²) in [6.45, 7) is 7.05. The number of aromatic nitrogens is 5. The Morgan fingerprint density at radius 2 is 1.49 bits per heavy atom. The van der Waals surface area contributed by atoms with Gasteiger partial charge in [-0.3, -0.25) is 9.29 Å². The average molecular weight is 553 g/mol. The summed E-state index contributed by atoms with van der Waals surface area (Å²) in [5.41, 5.74) is 2.00. The number of methoxy groups -OCH3 is 2. The number of aryl methyl sites for hydroxylation is 1. The Morgan fingerprint density at radius 3 is 2.05 bits per heavy atom. The van der Waals surface area contributed by atoms with E-state index in [-0.39, 0.29) is 17.9 Å². The molecule has 0 saturated heterocycles. The van der Waals surface area contributed by atoms with Gasteiger partial charge >= 0.3 is 0 Å². The van der Waals surface area contributed by atoms with Crippen molar-refractivity contribution in [2.45, 2.75) is 45.2 Å². The van der Waals surface area contributed by atoms with Gasteiger partial charge in [0.05, 0.1) is 20.3 Å². The van der Waals surface area contributed by atoms with Crippen molar-refractivity contribution < 1.29 is 22.6 Å². The SMILES string of the molecule is COc1cccc(OC)c1-n1c(NS(=O)(=O)[C@@H](C)[C@@H](OC(C)C)c2ncc(C)cn2)nnc1-c1ccccc1. The number of benzene rings is 2. The monoisotopic (exact) mass is 552 g/mol. The Morgan fingerprint density at radius 1 is 0.872 bits per heavy atom. The summed E-state index contributed by atoms with van der Waals surface area (Å²) in [5, 5.41) is 7.48. The van der Waals surface area contributed by atoms with Crippen molar-refractivity contribution in [2.24, 2.45) is 0 Å². The van der Waals surface area contributed by atoms with Crippen LogP contribution in [0.4, 0.5) is 5.95 Å². The van der Waals surface area contributed by atoms with E-state index in [1.54, 1.807) is 42.1 Å². The first-order chi connectivity index (χ1) is 18.7. The van der Waals surface area contributed by atoms with Crippen molar-refractivity contribution in [2.75, 3.05) is 18.9 Å². The highest BCUT2D eigenvalue weighted by atomic mass is 32.2. The van der Waals surface area contributed by atoms with Crippen LogP contribution in [0.15, 0.2) is 60.9 Å². The number of hydrogen-bond acceptors (Lipinski definition) is 9. The third-order valence-electron chi connectivity index (χ3n) is 5.94. The lowest BCUT2D eigenvalue weighted by Gasteiger charge is -2.25. The molecule has 0 spiro atoms. The molecule has 1 N–H and O–H groups in total. The molecule has 0 amide bonds. The van der Waals surface area contributed by atoms with Gasteiger partial charge in [0.1, 0.15) is 28.5 Å². The predicted molar refractivity (Wildman–Crippen MR) is 148 cm³/mol. The Labute approximate surface area is 228 Å². The van der Waals surface area contributed by atoms with E-state index in [2.05, 4.69) is 24.9 Å². The van der Waals surface area contributed by atoms with Gasteiger partial charge in [-0.1, -0.05) is 36.4 Å². The smallest absolute Gasteiger partial charge is 0.243 e. The van der Waals surface area contributed by atoms with Gasteiger partial charge in [0.15, 0.2) is 11.6 Å². The Balaban J connectivity index is 1.83. The van der Waals surface area contributed by atoms with Crippen molar-refractivity contribution in [1.29, 1.82) is 0 Å². The molecule has 2 aromatic heterocycles. The van der Waals surface area contributed by atoms with Crippen LogP contribution >= 0.6 is 0 Å². The number of ether oxygens (including phenoxy) is 3. The molecule has 4 rings (SSSR count). The summed E-state index contributed by atoms with van der Waals surface area (Å²) in [7, 11) is -1.07. The van der Waals surface area contributed by atoms with E-state index in [1.165, 1.54) is 14.2 Å². The van der Waals surface area contributed by atoms with Crippen LogP contribution in [-0.4, -0.2) is 58.7 Å². The third-order valence-corrected chi connectivity index (χ3v) is 7.64. The first-order valence-corrected chi connectivity index (χ1v) is 13.9. The highest BCUT2D eigenvalue weighted by molar-refractivity contribution is 7.93. The van der Waals surface area contributed by atoms with Crippen molar-refractivity contribution in [3.8, 4) is 28.6 Å². The molecular formula is C27H32N6O5S. The Hall–Kier alpha value is -4.03. The fourth-order valence-electron chi connectivity index (χ4n) is 4.00. The average Bonchev–Trinajstić information content (AvgIpc) is 3.33. The van der Waals surface area contributed by atoms with E-state index in [9.17, 15) is 8.42 Å². The quantitative estimate of drug-likeness (QED) is 0.289. The fourth-order valence-corrected chi connectivity index (χ4v) is 5.08. The molecule has 0 aliphatic heterocycles. The largest absolute Gasteiger partial charge is 0.494 e. The second-order valence-corrected chi connectivity index (χ2v) is 11.2. The molecule has 0 unspecified atom stereocenters.